The quantitative estimate of drug-likeness (QED) is 0.651. The maximum Gasteiger partial charge on any atom is 0.237 e. The highest BCUT2D eigenvalue weighted by molar-refractivity contribution is 7.99. The van der Waals surface area contributed by atoms with Gasteiger partial charge in [-0.2, -0.15) is 17.0 Å². The fourth-order valence-electron chi connectivity index (χ4n) is 1.24. The molecule has 1 fully saturated rings. The average molecular weight is 213 g/mol. The van der Waals surface area contributed by atoms with Crippen LogP contribution in [-0.4, -0.2) is 36.5 Å². The first-order valence-electron chi connectivity index (χ1n) is 4.80. The molecule has 0 spiro atoms. The summed E-state index contributed by atoms with van der Waals surface area (Å²) < 4.78 is 0. The summed E-state index contributed by atoms with van der Waals surface area (Å²) in [6, 6.07) is 2.00. The van der Waals surface area contributed by atoms with Gasteiger partial charge in [0.25, 0.3) is 0 Å². The number of rotatable bonds is 4. The van der Waals surface area contributed by atoms with Gasteiger partial charge < -0.3 is 10.6 Å². The Morgan fingerprint density at radius 3 is 3.21 bits per heavy atom. The van der Waals surface area contributed by atoms with Crippen molar-refractivity contribution in [3.63, 3.8) is 0 Å². The Balaban J connectivity index is 2.11. The Labute approximate surface area is 88.4 Å². The minimum atomic E-state index is -0.0455. The highest BCUT2D eigenvalue weighted by Crippen LogP contribution is 2.07. The van der Waals surface area contributed by atoms with Crippen LogP contribution >= 0.6 is 11.8 Å². The van der Waals surface area contributed by atoms with Crippen LogP contribution in [0.4, 0.5) is 0 Å². The van der Waals surface area contributed by atoms with Crippen LogP contribution in [0.15, 0.2) is 0 Å². The minimum Gasteiger partial charge on any atom is -0.355 e. The van der Waals surface area contributed by atoms with E-state index < -0.39 is 0 Å². The van der Waals surface area contributed by atoms with Crippen molar-refractivity contribution in [3.05, 3.63) is 0 Å². The lowest BCUT2D eigenvalue weighted by atomic mass is 10.3. The molecule has 1 amide bonds. The van der Waals surface area contributed by atoms with Gasteiger partial charge in [-0.15, -0.1) is 0 Å². The third-order valence-corrected chi connectivity index (χ3v) is 3.06. The number of nitrogens with one attached hydrogen (secondary N) is 2. The van der Waals surface area contributed by atoms with Crippen molar-refractivity contribution in [3.8, 4) is 6.07 Å². The van der Waals surface area contributed by atoms with E-state index in [1.807, 2.05) is 6.07 Å². The summed E-state index contributed by atoms with van der Waals surface area (Å²) in [5, 5.41) is 14.3. The predicted octanol–water partition coefficient (Wildman–Crippen LogP) is 0.111. The van der Waals surface area contributed by atoms with Gasteiger partial charge in [-0.1, -0.05) is 0 Å². The zero-order valence-corrected chi connectivity index (χ0v) is 8.90. The molecule has 1 heterocycles. The van der Waals surface area contributed by atoms with Crippen LogP contribution in [0.1, 0.15) is 12.8 Å². The number of amides is 1. The molecule has 1 atom stereocenters. The van der Waals surface area contributed by atoms with Crippen molar-refractivity contribution >= 4 is 17.7 Å². The number of nitriles is 1. The number of nitrogens with zero attached hydrogens (tertiary/aromatic N) is 1. The molecule has 1 aliphatic heterocycles. The van der Waals surface area contributed by atoms with E-state index in [9.17, 15) is 4.79 Å². The van der Waals surface area contributed by atoms with Crippen LogP contribution in [0, 0.1) is 11.3 Å². The number of hydrogen-bond donors (Lipinski definition) is 2. The molecule has 0 saturated carbocycles. The standard InChI is InChI=1S/C9H15N3OS/c10-3-1-2-4-12-9(13)8-7-14-6-5-11-8/h8,11H,1-2,4-7H2,(H,12,13). The molecule has 5 heteroatoms. The minimum absolute atomic E-state index is 0.0455. The van der Waals surface area contributed by atoms with Crippen molar-refractivity contribution in [2.24, 2.45) is 0 Å². The summed E-state index contributed by atoms with van der Waals surface area (Å²) in [5.74, 6) is 2.00. The highest BCUT2D eigenvalue weighted by atomic mass is 32.2. The van der Waals surface area contributed by atoms with Crippen LogP contribution < -0.4 is 10.6 Å². The third kappa shape index (κ3) is 3.99. The van der Waals surface area contributed by atoms with Crippen LogP contribution in [0.5, 0.6) is 0 Å². The van der Waals surface area contributed by atoms with E-state index in [0.29, 0.717) is 13.0 Å². The summed E-state index contributed by atoms with van der Waals surface area (Å²) in [6.45, 7) is 1.51. The molecule has 0 aliphatic carbocycles. The van der Waals surface area contributed by atoms with Gasteiger partial charge in [-0.05, 0) is 6.42 Å². The van der Waals surface area contributed by atoms with Gasteiger partial charge in [0.15, 0.2) is 0 Å². The van der Waals surface area contributed by atoms with Gasteiger partial charge in [0.2, 0.25) is 5.91 Å². The molecule has 0 aromatic rings. The van der Waals surface area contributed by atoms with Gasteiger partial charge >= 0.3 is 0 Å². The maximum atomic E-state index is 11.5. The monoisotopic (exact) mass is 213 g/mol. The SMILES string of the molecule is N#CCCCNC(=O)C1CSCCN1. The molecule has 2 N–H and O–H groups in total. The summed E-state index contributed by atoms with van der Waals surface area (Å²) in [5.41, 5.74) is 0. The lowest BCUT2D eigenvalue weighted by Crippen LogP contribution is -2.49. The normalized spacial score (nSPS) is 21.2. The smallest absolute Gasteiger partial charge is 0.237 e. The second-order valence-electron chi connectivity index (χ2n) is 3.13. The van der Waals surface area contributed by atoms with E-state index in [-0.39, 0.29) is 11.9 Å². The molecule has 4 nitrogen and oxygen atoms in total. The molecule has 0 radical (unpaired) electrons. The van der Waals surface area contributed by atoms with Gasteiger partial charge in [-0.3, -0.25) is 4.79 Å². The van der Waals surface area contributed by atoms with E-state index in [1.165, 1.54) is 0 Å². The van der Waals surface area contributed by atoms with Crippen molar-refractivity contribution in [1.82, 2.24) is 10.6 Å². The zero-order chi connectivity index (χ0) is 10.2. The Bertz CT molecular complexity index is 221. The van der Waals surface area contributed by atoms with Crippen LogP contribution in [0.25, 0.3) is 0 Å². The van der Waals surface area contributed by atoms with E-state index in [1.54, 1.807) is 11.8 Å². The average Bonchev–Trinajstić information content (AvgIpc) is 2.25. The van der Waals surface area contributed by atoms with Crippen molar-refractivity contribution in [1.29, 1.82) is 5.26 Å². The molecular formula is C9H15N3OS. The van der Waals surface area contributed by atoms with Crippen molar-refractivity contribution in [2.75, 3.05) is 24.6 Å². The number of hydrogen-bond acceptors (Lipinski definition) is 4. The zero-order valence-electron chi connectivity index (χ0n) is 8.08. The van der Waals surface area contributed by atoms with E-state index >= 15 is 0 Å². The van der Waals surface area contributed by atoms with Crippen LogP contribution in [0.2, 0.25) is 0 Å². The fourth-order valence-corrected chi connectivity index (χ4v) is 2.17. The molecule has 0 aromatic carbocycles. The summed E-state index contributed by atoms with van der Waals surface area (Å²) >= 11 is 1.80. The number of carbonyl (C=O) groups excluding carboxylic acids is 1. The Morgan fingerprint density at radius 2 is 2.57 bits per heavy atom. The van der Waals surface area contributed by atoms with E-state index in [2.05, 4.69) is 10.6 Å². The molecule has 0 bridgehead atoms. The first kappa shape index (κ1) is 11.3. The van der Waals surface area contributed by atoms with Gasteiger partial charge in [0.05, 0.1) is 12.1 Å². The Hall–Kier alpha value is -0.730. The number of carbonyl (C=O) groups is 1. The lowest BCUT2D eigenvalue weighted by molar-refractivity contribution is -0.122. The second-order valence-corrected chi connectivity index (χ2v) is 4.28. The molecular weight excluding hydrogens is 198 g/mol. The van der Waals surface area contributed by atoms with Gasteiger partial charge in [0.1, 0.15) is 0 Å². The fraction of sp³-hybridized carbons (Fsp3) is 0.778. The van der Waals surface area contributed by atoms with Crippen molar-refractivity contribution < 1.29 is 4.79 Å². The highest BCUT2D eigenvalue weighted by Gasteiger charge is 2.19. The number of unbranched alkanes of at least 4 members (excludes halogenated alkanes) is 1. The second kappa shape index (κ2) is 6.68. The predicted molar refractivity (Wildman–Crippen MR) is 57.0 cm³/mol. The molecule has 1 rings (SSSR count). The van der Waals surface area contributed by atoms with Gasteiger partial charge in [0, 0.05) is 31.0 Å². The largest absolute Gasteiger partial charge is 0.355 e. The van der Waals surface area contributed by atoms with Crippen LogP contribution in [-0.2, 0) is 4.79 Å². The topological polar surface area (TPSA) is 64.9 Å². The molecule has 1 saturated heterocycles. The van der Waals surface area contributed by atoms with E-state index in [4.69, 9.17) is 5.26 Å². The van der Waals surface area contributed by atoms with Crippen molar-refractivity contribution in [2.45, 2.75) is 18.9 Å². The Kier molecular flexibility index (Phi) is 5.42. The first-order chi connectivity index (χ1) is 6.84. The summed E-state index contributed by atoms with van der Waals surface area (Å²) in [4.78, 5) is 11.5. The van der Waals surface area contributed by atoms with E-state index in [0.717, 1.165) is 24.5 Å². The maximum absolute atomic E-state index is 11.5. The Morgan fingerprint density at radius 1 is 1.71 bits per heavy atom. The molecule has 0 aromatic heterocycles. The number of thioether (sulfide) groups is 1. The molecule has 78 valence electrons. The molecule has 1 aliphatic rings. The third-order valence-electron chi connectivity index (χ3n) is 2.00. The van der Waals surface area contributed by atoms with Gasteiger partial charge in [-0.25, -0.2) is 0 Å². The summed E-state index contributed by atoms with van der Waals surface area (Å²) in [7, 11) is 0. The lowest BCUT2D eigenvalue weighted by Gasteiger charge is -2.22. The first-order valence-corrected chi connectivity index (χ1v) is 5.96. The van der Waals surface area contributed by atoms with Crippen LogP contribution in [0.3, 0.4) is 0 Å². The molecule has 1 unspecified atom stereocenters. The summed E-state index contributed by atoms with van der Waals surface area (Å²) in [6.07, 6.45) is 1.25. The molecule has 14 heavy (non-hydrogen) atoms.